The second kappa shape index (κ2) is 5.77. The van der Waals surface area contributed by atoms with Crippen LogP contribution in [0.15, 0.2) is 28.7 Å². The molecular formula is C9H11BrO2. The van der Waals surface area contributed by atoms with Crippen molar-refractivity contribution < 1.29 is 9.90 Å². The Balaban J connectivity index is 0.000000261. The molecule has 2 nitrogen and oxygen atoms in total. The molecule has 0 unspecified atom stereocenters. The molecule has 0 aliphatic rings. The fourth-order valence-electron chi connectivity index (χ4n) is 0.441. The van der Waals surface area contributed by atoms with Gasteiger partial charge in [-0.2, -0.15) is 0 Å². The highest BCUT2D eigenvalue weighted by atomic mass is 79.9. The average Bonchev–Trinajstić information content (AvgIpc) is 1.94. The van der Waals surface area contributed by atoms with Crippen LogP contribution in [0.25, 0.3) is 0 Å². The van der Waals surface area contributed by atoms with Crippen LogP contribution in [-0.2, 0) is 4.79 Å². The number of phenols is 1. The minimum atomic E-state index is 0.167. The molecule has 0 spiro atoms. The van der Waals surface area contributed by atoms with Crippen molar-refractivity contribution >= 4 is 21.7 Å². The van der Waals surface area contributed by atoms with Gasteiger partial charge in [-0.25, -0.2) is 0 Å². The van der Waals surface area contributed by atoms with Crippen LogP contribution in [0.3, 0.4) is 0 Å². The molecule has 12 heavy (non-hydrogen) atoms. The number of carbonyl (C=O) groups is 1. The van der Waals surface area contributed by atoms with E-state index in [1.165, 1.54) is 13.8 Å². The van der Waals surface area contributed by atoms with Gasteiger partial charge in [-0.3, -0.25) is 0 Å². The van der Waals surface area contributed by atoms with Gasteiger partial charge in [0.1, 0.15) is 11.5 Å². The highest BCUT2D eigenvalue weighted by Gasteiger charge is 1.83. The Kier molecular flexibility index (Phi) is 5.37. The van der Waals surface area contributed by atoms with E-state index in [1.807, 2.05) is 0 Å². The Labute approximate surface area is 80.4 Å². The Morgan fingerprint density at radius 1 is 1.25 bits per heavy atom. The van der Waals surface area contributed by atoms with E-state index < -0.39 is 0 Å². The summed E-state index contributed by atoms with van der Waals surface area (Å²) in [5, 5.41) is 8.74. The molecule has 0 saturated heterocycles. The third-order valence-corrected chi connectivity index (χ3v) is 1.36. The third-order valence-electron chi connectivity index (χ3n) is 0.827. The lowest BCUT2D eigenvalue weighted by molar-refractivity contribution is -0.114. The van der Waals surface area contributed by atoms with Crippen LogP contribution >= 0.6 is 15.9 Å². The molecular weight excluding hydrogens is 220 g/mol. The number of aromatic hydroxyl groups is 1. The largest absolute Gasteiger partial charge is 0.508 e. The topological polar surface area (TPSA) is 37.3 Å². The maximum atomic E-state index is 9.44. The van der Waals surface area contributed by atoms with E-state index in [4.69, 9.17) is 5.11 Å². The van der Waals surface area contributed by atoms with Gasteiger partial charge in [-0.15, -0.1) is 0 Å². The number of Topliss-reactive ketones (excluding diaryl/α,β-unsaturated/α-hetero) is 1. The molecule has 0 aromatic heterocycles. The van der Waals surface area contributed by atoms with Crippen LogP contribution in [0.1, 0.15) is 13.8 Å². The monoisotopic (exact) mass is 230 g/mol. The molecule has 3 heteroatoms. The molecule has 0 saturated carbocycles. The van der Waals surface area contributed by atoms with Crippen molar-refractivity contribution in [1.29, 1.82) is 0 Å². The third kappa shape index (κ3) is 7.28. The second-order valence-corrected chi connectivity index (χ2v) is 3.30. The summed E-state index contributed by atoms with van der Waals surface area (Å²) in [6, 6.07) is 6.83. The van der Waals surface area contributed by atoms with Crippen LogP contribution in [0.5, 0.6) is 5.75 Å². The summed E-state index contributed by atoms with van der Waals surface area (Å²) in [6.07, 6.45) is 0. The van der Waals surface area contributed by atoms with Crippen molar-refractivity contribution in [3.8, 4) is 5.75 Å². The van der Waals surface area contributed by atoms with Crippen molar-refractivity contribution in [3.05, 3.63) is 28.7 Å². The summed E-state index contributed by atoms with van der Waals surface area (Å²) < 4.78 is 0.982. The standard InChI is InChI=1S/C6H5BrO.C3H6O/c7-5-1-3-6(8)4-2-5;1-3(2)4/h1-4,8H;1-2H3. The molecule has 1 N–H and O–H groups in total. The van der Waals surface area contributed by atoms with Gasteiger partial charge in [0.05, 0.1) is 0 Å². The quantitative estimate of drug-likeness (QED) is 0.745. The smallest absolute Gasteiger partial charge is 0.126 e. The predicted octanol–water partition coefficient (Wildman–Crippen LogP) is 2.75. The maximum Gasteiger partial charge on any atom is 0.126 e. The Hall–Kier alpha value is -0.830. The van der Waals surface area contributed by atoms with Gasteiger partial charge in [-0.05, 0) is 38.1 Å². The van der Waals surface area contributed by atoms with E-state index in [0.29, 0.717) is 5.75 Å². The zero-order valence-electron chi connectivity index (χ0n) is 7.04. The van der Waals surface area contributed by atoms with E-state index in [1.54, 1.807) is 24.3 Å². The van der Waals surface area contributed by atoms with Crippen LogP contribution in [0.4, 0.5) is 0 Å². The van der Waals surface area contributed by atoms with Gasteiger partial charge >= 0.3 is 0 Å². The minimum absolute atomic E-state index is 0.167. The molecule has 1 aromatic carbocycles. The molecule has 0 aliphatic heterocycles. The van der Waals surface area contributed by atoms with Crippen molar-refractivity contribution in [2.24, 2.45) is 0 Å². The zero-order valence-corrected chi connectivity index (χ0v) is 8.63. The Bertz CT molecular complexity index is 216. The number of phenolic OH excluding ortho intramolecular Hbond substituents is 1. The Morgan fingerprint density at radius 2 is 1.58 bits per heavy atom. The van der Waals surface area contributed by atoms with Crippen LogP contribution in [0.2, 0.25) is 0 Å². The number of hydrogen-bond donors (Lipinski definition) is 1. The molecule has 0 radical (unpaired) electrons. The van der Waals surface area contributed by atoms with Gasteiger partial charge in [0.2, 0.25) is 0 Å². The number of ketones is 1. The number of carbonyl (C=O) groups excluding carboxylic acids is 1. The maximum absolute atomic E-state index is 9.44. The Morgan fingerprint density at radius 3 is 1.83 bits per heavy atom. The number of benzene rings is 1. The fourth-order valence-corrected chi connectivity index (χ4v) is 0.705. The highest BCUT2D eigenvalue weighted by molar-refractivity contribution is 9.10. The lowest BCUT2D eigenvalue weighted by atomic mass is 10.3. The van der Waals surface area contributed by atoms with Crippen molar-refractivity contribution in [2.45, 2.75) is 13.8 Å². The van der Waals surface area contributed by atoms with Crippen LogP contribution < -0.4 is 0 Å². The fraction of sp³-hybridized carbons (Fsp3) is 0.222. The summed E-state index contributed by atoms with van der Waals surface area (Å²) in [7, 11) is 0. The normalized spacial score (nSPS) is 8.25. The number of rotatable bonds is 0. The van der Waals surface area contributed by atoms with Gasteiger partial charge in [0, 0.05) is 4.47 Å². The molecule has 0 amide bonds. The van der Waals surface area contributed by atoms with E-state index in [2.05, 4.69) is 15.9 Å². The molecule has 0 bridgehead atoms. The summed E-state index contributed by atoms with van der Waals surface area (Å²) >= 11 is 3.23. The lowest BCUT2D eigenvalue weighted by Gasteiger charge is -1.87. The first-order valence-corrected chi connectivity index (χ1v) is 4.23. The molecule has 0 fully saturated rings. The lowest BCUT2D eigenvalue weighted by Crippen LogP contribution is -1.69. The number of halogens is 1. The van der Waals surface area contributed by atoms with E-state index in [-0.39, 0.29) is 5.78 Å². The van der Waals surface area contributed by atoms with Crippen molar-refractivity contribution in [3.63, 3.8) is 0 Å². The van der Waals surface area contributed by atoms with Crippen molar-refractivity contribution in [1.82, 2.24) is 0 Å². The molecule has 0 atom stereocenters. The predicted molar refractivity (Wildman–Crippen MR) is 52.2 cm³/mol. The first-order chi connectivity index (χ1) is 5.52. The van der Waals surface area contributed by atoms with Gasteiger partial charge in [0.25, 0.3) is 0 Å². The first-order valence-electron chi connectivity index (χ1n) is 3.44. The summed E-state index contributed by atoms with van der Waals surface area (Å²) in [5.74, 6) is 0.466. The summed E-state index contributed by atoms with van der Waals surface area (Å²) in [5.41, 5.74) is 0. The molecule has 0 heterocycles. The van der Waals surface area contributed by atoms with Crippen LogP contribution in [-0.4, -0.2) is 10.9 Å². The first kappa shape index (κ1) is 11.2. The van der Waals surface area contributed by atoms with E-state index in [9.17, 15) is 4.79 Å². The van der Waals surface area contributed by atoms with E-state index in [0.717, 1.165) is 4.47 Å². The molecule has 0 aliphatic carbocycles. The van der Waals surface area contributed by atoms with Gasteiger partial charge in [-0.1, -0.05) is 15.9 Å². The van der Waals surface area contributed by atoms with Gasteiger partial charge < -0.3 is 9.90 Å². The minimum Gasteiger partial charge on any atom is -0.508 e. The number of hydrogen-bond acceptors (Lipinski definition) is 2. The highest BCUT2D eigenvalue weighted by Crippen LogP contribution is 2.13. The van der Waals surface area contributed by atoms with Crippen molar-refractivity contribution in [2.75, 3.05) is 0 Å². The second-order valence-electron chi connectivity index (χ2n) is 2.38. The van der Waals surface area contributed by atoms with E-state index >= 15 is 0 Å². The SMILES string of the molecule is CC(C)=O.Oc1ccc(Br)cc1. The molecule has 1 rings (SSSR count). The summed E-state index contributed by atoms with van der Waals surface area (Å²) in [6.45, 7) is 3.06. The summed E-state index contributed by atoms with van der Waals surface area (Å²) in [4.78, 5) is 9.44. The van der Waals surface area contributed by atoms with Crippen LogP contribution in [0, 0.1) is 0 Å². The molecule has 66 valence electrons. The zero-order chi connectivity index (χ0) is 9.56. The average molecular weight is 231 g/mol. The van der Waals surface area contributed by atoms with Gasteiger partial charge in [0.15, 0.2) is 0 Å². The molecule has 1 aromatic rings.